The lowest BCUT2D eigenvalue weighted by atomic mass is 10.1. The monoisotopic (exact) mass is 296 g/mol. The molecule has 0 unspecified atom stereocenters. The second kappa shape index (κ2) is 7.12. The molecule has 0 aliphatic carbocycles. The highest BCUT2D eigenvalue weighted by molar-refractivity contribution is 5.93. The van der Waals surface area contributed by atoms with Crippen LogP contribution < -0.4 is 0 Å². The van der Waals surface area contributed by atoms with Crippen molar-refractivity contribution < 1.29 is 23.8 Å². The third-order valence-electron chi connectivity index (χ3n) is 3.35. The number of likely N-dealkylation sites (tertiary alicyclic amines) is 1. The number of ether oxygens (including phenoxy) is 1. The summed E-state index contributed by atoms with van der Waals surface area (Å²) in [5.41, 5.74) is 0.236. The van der Waals surface area contributed by atoms with E-state index >= 15 is 0 Å². The molecular formula is C14H17FN2O4. The Hall–Kier alpha value is -2.02. The van der Waals surface area contributed by atoms with Crippen molar-refractivity contribution in [2.75, 3.05) is 19.7 Å². The van der Waals surface area contributed by atoms with Gasteiger partial charge < -0.3 is 14.7 Å². The van der Waals surface area contributed by atoms with E-state index in [1.807, 2.05) is 0 Å². The normalized spacial score (nSPS) is 16.0. The van der Waals surface area contributed by atoms with Gasteiger partial charge in [0, 0.05) is 19.3 Å². The van der Waals surface area contributed by atoms with E-state index < -0.39 is 11.8 Å². The van der Waals surface area contributed by atoms with Crippen molar-refractivity contribution in [2.45, 2.75) is 25.4 Å². The number of nitrogens with zero attached hydrogens (tertiary/aromatic N) is 2. The van der Waals surface area contributed by atoms with E-state index in [4.69, 9.17) is 9.84 Å². The summed E-state index contributed by atoms with van der Waals surface area (Å²) < 4.78 is 18.5. The van der Waals surface area contributed by atoms with Crippen molar-refractivity contribution in [2.24, 2.45) is 0 Å². The number of hydrogen-bond donors (Lipinski definition) is 1. The van der Waals surface area contributed by atoms with Gasteiger partial charge in [0.25, 0.3) is 5.91 Å². The fourth-order valence-electron chi connectivity index (χ4n) is 2.25. The number of carboxylic acids is 1. The van der Waals surface area contributed by atoms with Gasteiger partial charge in [0.15, 0.2) is 0 Å². The second-order valence-electron chi connectivity index (χ2n) is 4.90. The zero-order chi connectivity index (χ0) is 15.2. The van der Waals surface area contributed by atoms with Crippen LogP contribution in [-0.4, -0.2) is 52.7 Å². The maximum Gasteiger partial charge on any atom is 0.305 e. The van der Waals surface area contributed by atoms with E-state index in [9.17, 15) is 14.0 Å². The molecule has 0 spiro atoms. The summed E-state index contributed by atoms with van der Waals surface area (Å²) in [4.78, 5) is 27.9. The van der Waals surface area contributed by atoms with Crippen LogP contribution in [0.3, 0.4) is 0 Å². The Kier molecular flexibility index (Phi) is 5.21. The van der Waals surface area contributed by atoms with Gasteiger partial charge in [-0.25, -0.2) is 4.39 Å². The third-order valence-corrected chi connectivity index (χ3v) is 3.35. The van der Waals surface area contributed by atoms with Crippen LogP contribution in [-0.2, 0) is 9.53 Å². The quantitative estimate of drug-likeness (QED) is 0.886. The molecule has 21 heavy (non-hydrogen) atoms. The van der Waals surface area contributed by atoms with E-state index in [0.717, 1.165) is 6.20 Å². The highest BCUT2D eigenvalue weighted by Gasteiger charge is 2.24. The van der Waals surface area contributed by atoms with Crippen LogP contribution in [0, 0.1) is 5.82 Å². The summed E-state index contributed by atoms with van der Waals surface area (Å²) >= 11 is 0. The Morgan fingerprint density at radius 1 is 1.38 bits per heavy atom. The number of piperidine rings is 1. The minimum Gasteiger partial charge on any atom is -0.481 e. The Morgan fingerprint density at radius 2 is 2.10 bits per heavy atom. The largest absolute Gasteiger partial charge is 0.481 e. The molecule has 0 radical (unpaired) electrons. The molecule has 1 saturated heterocycles. The van der Waals surface area contributed by atoms with E-state index in [1.165, 1.54) is 12.3 Å². The molecule has 1 amide bonds. The van der Waals surface area contributed by atoms with Gasteiger partial charge in [0.1, 0.15) is 5.82 Å². The predicted octanol–water partition coefficient (Wildman–Crippen LogP) is 1.32. The first-order chi connectivity index (χ1) is 10.1. The van der Waals surface area contributed by atoms with E-state index in [2.05, 4.69) is 4.98 Å². The van der Waals surface area contributed by atoms with Crippen LogP contribution in [0.1, 0.15) is 29.6 Å². The van der Waals surface area contributed by atoms with E-state index in [-0.39, 0.29) is 30.6 Å². The van der Waals surface area contributed by atoms with Gasteiger partial charge in [-0.3, -0.25) is 14.6 Å². The summed E-state index contributed by atoms with van der Waals surface area (Å²) in [5, 5.41) is 8.54. The molecule has 7 heteroatoms. The number of aliphatic carboxylic acids is 1. The lowest BCUT2D eigenvalue weighted by molar-refractivity contribution is -0.138. The van der Waals surface area contributed by atoms with E-state index in [1.54, 1.807) is 4.90 Å². The first-order valence-electron chi connectivity index (χ1n) is 6.79. The zero-order valence-corrected chi connectivity index (χ0v) is 11.5. The first-order valence-corrected chi connectivity index (χ1v) is 6.79. The van der Waals surface area contributed by atoms with E-state index in [0.29, 0.717) is 25.9 Å². The number of carboxylic acid groups (broad SMARTS) is 1. The summed E-state index contributed by atoms with van der Waals surface area (Å²) in [7, 11) is 0. The van der Waals surface area contributed by atoms with Crippen LogP contribution in [0.4, 0.5) is 4.39 Å². The minimum atomic E-state index is -0.888. The number of halogens is 1. The summed E-state index contributed by atoms with van der Waals surface area (Å²) in [6.45, 7) is 1.20. The van der Waals surface area contributed by atoms with Crippen molar-refractivity contribution in [1.82, 2.24) is 9.88 Å². The van der Waals surface area contributed by atoms with Crippen molar-refractivity contribution in [3.63, 3.8) is 0 Å². The molecule has 2 heterocycles. The average molecular weight is 296 g/mol. The van der Waals surface area contributed by atoms with Gasteiger partial charge in [-0.15, -0.1) is 0 Å². The zero-order valence-electron chi connectivity index (χ0n) is 11.5. The van der Waals surface area contributed by atoms with Gasteiger partial charge in [-0.2, -0.15) is 0 Å². The molecule has 1 N–H and O–H groups in total. The molecule has 1 aromatic rings. The van der Waals surface area contributed by atoms with Gasteiger partial charge >= 0.3 is 5.97 Å². The fraction of sp³-hybridized carbons (Fsp3) is 0.500. The summed E-state index contributed by atoms with van der Waals surface area (Å²) in [6, 6.07) is 1.17. The Labute approximate surface area is 121 Å². The number of pyridine rings is 1. The summed E-state index contributed by atoms with van der Waals surface area (Å²) in [5.74, 6) is -1.67. The molecule has 1 aliphatic rings. The van der Waals surface area contributed by atoms with Crippen LogP contribution >= 0.6 is 0 Å². The highest BCUT2D eigenvalue weighted by atomic mass is 19.1. The average Bonchev–Trinajstić information content (AvgIpc) is 2.47. The smallest absolute Gasteiger partial charge is 0.305 e. The maximum absolute atomic E-state index is 13.1. The van der Waals surface area contributed by atoms with Crippen molar-refractivity contribution >= 4 is 11.9 Å². The maximum atomic E-state index is 13.1. The number of carbonyl (C=O) groups is 2. The lowest BCUT2D eigenvalue weighted by Crippen LogP contribution is -2.41. The molecule has 0 atom stereocenters. The number of carbonyl (C=O) groups excluding carboxylic acids is 1. The molecular weight excluding hydrogens is 279 g/mol. The molecule has 0 saturated carbocycles. The number of rotatable bonds is 5. The molecule has 1 aliphatic heterocycles. The third kappa shape index (κ3) is 4.49. The van der Waals surface area contributed by atoms with Crippen LogP contribution in [0.2, 0.25) is 0 Å². The Balaban J connectivity index is 1.81. The molecule has 0 aromatic carbocycles. The van der Waals surface area contributed by atoms with Gasteiger partial charge in [-0.05, 0) is 18.9 Å². The lowest BCUT2D eigenvalue weighted by Gasteiger charge is -2.31. The number of amides is 1. The minimum absolute atomic E-state index is 0.0197. The SMILES string of the molecule is O=C(O)CCOC1CCN(C(=O)c2cncc(F)c2)CC1. The fourth-order valence-corrected chi connectivity index (χ4v) is 2.25. The molecule has 114 valence electrons. The topological polar surface area (TPSA) is 79.7 Å². The number of hydrogen-bond acceptors (Lipinski definition) is 4. The Morgan fingerprint density at radius 3 is 2.71 bits per heavy atom. The second-order valence-corrected chi connectivity index (χ2v) is 4.90. The molecule has 2 rings (SSSR count). The summed E-state index contributed by atoms with van der Waals surface area (Å²) in [6.07, 6.45) is 3.65. The van der Waals surface area contributed by atoms with Crippen molar-refractivity contribution in [3.8, 4) is 0 Å². The molecule has 6 nitrogen and oxygen atoms in total. The standard InChI is InChI=1S/C14H17FN2O4/c15-11-7-10(8-16-9-11)14(20)17-4-1-12(2-5-17)21-6-3-13(18)19/h7-9,12H,1-6H2,(H,18,19). The van der Waals surface area contributed by atoms with Gasteiger partial charge in [0.2, 0.25) is 0 Å². The molecule has 1 fully saturated rings. The van der Waals surface area contributed by atoms with Crippen LogP contribution in [0.15, 0.2) is 18.5 Å². The first kappa shape index (κ1) is 15.4. The molecule has 1 aromatic heterocycles. The van der Waals surface area contributed by atoms with Gasteiger partial charge in [-0.1, -0.05) is 0 Å². The van der Waals surface area contributed by atoms with Crippen molar-refractivity contribution in [3.05, 3.63) is 29.8 Å². The number of aromatic nitrogens is 1. The van der Waals surface area contributed by atoms with Crippen LogP contribution in [0.5, 0.6) is 0 Å². The highest BCUT2D eigenvalue weighted by Crippen LogP contribution is 2.16. The van der Waals surface area contributed by atoms with Gasteiger partial charge in [0.05, 0.1) is 30.9 Å². The van der Waals surface area contributed by atoms with Crippen molar-refractivity contribution in [1.29, 1.82) is 0 Å². The molecule has 0 bridgehead atoms. The van der Waals surface area contributed by atoms with Crippen LogP contribution in [0.25, 0.3) is 0 Å². The Bertz CT molecular complexity index is 515. The predicted molar refractivity (Wildman–Crippen MR) is 71.3 cm³/mol.